The van der Waals surface area contributed by atoms with Crippen molar-refractivity contribution in [2.24, 2.45) is 40.4 Å². The number of hydrogen-bond acceptors (Lipinski definition) is 8. The summed E-state index contributed by atoms with van der Waals surface area (Å²) >= 11 is 0. The quantitative estimate of drug-likeness (QED) is 0.223. The van der Waals surface area contributed by atoms with E-state index in [4.69, 9.17) is 4.74 Å². The van der Waals surface area contributed by atoms with Gasteiger partial charge in [0.25, 0.3) is 0 Å². The number of Topliss-reactive ketones (excluding diaryl/α,β-unsaturated/α-hetero) is 4. The molecule has 51 heavy (non-hydrogen) atoms. The first-order valence-corrected chi connectivity index (χ1v) is 21.7. The van der Waals surface area contributed by atoms with E-state index in [0.717, 1.165) is 64.2 Å². The lowest BCUT2D eigenvalue weighted by Gasteiger charge is -2.44. The Bertz CT molecular complexity index is 1430. The molecule has 2 heterocycles. The smallest absolute Gasteiger partial charge is 0.229 e. The van der Waals surface area contributed by atoms with Gasteiger partial charge in [-0.2, -0.15) is 0 Å². The summed E-state index contributed by atoms with van der Waals surface area (Å²) in [7, 11) is -3.55. The van der Waals surface area contributed by atoms with E-state index in [9.17, 15) is 32.4 Å². The van der Waals surface area contributed by atoms with Crippen LogP contribution >= 0.6 is 0 Å². The first-order chi connectivity index (χ1) is 23.9. The highest BCUT2D eigenvalue weighted by Gasteiger charge is 2.69. The minimum absolute atomic E-state index is 0.0306. The molecule has 0 aromatic carbocycles. The topological polar surface area (TPSA) is 132 Å². The third kappa shape index (κ3) is 8.90. The van der Waals surface area contributed by atoms with E-state index in [2.05, 4.69) is 13.8 Å². The van der Waals surface area contributed by atoms with E-state index in [1.165, 1.54) is 0 Å². The number of rotatable bonds is 10. The molecular formula is C41H65NO8S. The molecule has 5 rings (SSSR count). The second-order valence-electron chi connectivity index (χ2n) is 18.7. The van der Waals surface area contributed by atoms with Gasteiger partial charge in [-0.3, -0.25) is 24.0 Å². The lowest BCUT2D eigenvalue weighted by Crippen LogP contribution is -2.50. The molecule has 0 unspecified atom stereocenters. The molecular weight excluding hydrogens is 667 g/mol. The van der Waals surface area contributed by atoms with Crippen molar-refractivity contribution in [1.82, 2.24) is 4.90 Å². The Hall–Kier alpha value is -1.94. The van der Waals surface area contributed by atoms with Gasteiger partial charge in [0.2, 0.25) is 11.7 Å². The van der Waals surface area contributed by atoms with Crippen LogP contribution in [0.1, 0.15) is 151 Å². The number of amides is 1. The average molecular weight is 732 g/mol. The summed E-state index contributed by atoms with van der Waals surface area (Å²) in [6.45, 7) is 12.1. The third-order valence-electron chi connectivity index (χ3n) is 13.6. The summed E-state index contributed by atoms with van der Waals surface area (Å²) in [5.41, 5.74) is -0.803. The number of hydrogen-bond donors (Lipinski definition) is 0. The van der Waals surface area contributed by atoms with Crippen LogP contribution in [0.15, 0.2) is 0 Å². The predicted octanol–water partition coefficient (Wildman–Crippen LogP) is 6.87. The van der Waals surface area contributed by atoms with Crippen LogP contribution in [0.3, 0.4) is 0 Å². The van der Waals surface area contributed by atoms with E-state index >= 15 is 0 Å². The summed E-state index contributed by atoms with van der Waals surface area (Å²) in [5, 5.41) is -0.694. The van der Waals surface area contributed by atoms with Crippen molar-refractivity contribution in [2.75, 3.05) is 19.8 Å². The van der Waals surface area contributed by atoms with Crippen molar-refractivity contribution in [3.8, 4) is 0 Å². The second-order valence-corrected chi connectivity index (χ2v) is 21.7. The first kappa shape index (κ1) is 40.2. The number of piperidine rings is 1. The van der Waals surface area contributed by atoms with Gasteiger partial charge in [0.05, 0.1) is 28.6 Å². The van der Waals surface area contributed by atoms with Crippen molar-refractivity contribution in [1.29, 1.82) is 0 Å². The third-order valence-corrected chi connectivity index (χ3v) is 16.8. The molecule has 10 heteroatoms. The van der Waals surface area contributed by atoms with Gasteiger partial charge >= 0.3 is 0 Å². The zero-order valence-corrected chi connectivity index (χ0v) is 33.1. The molecule has 3 saturated carbocycles. The number of nitrogens with zero attached hydrogens (tertiary/aromatic N) is 1. The van der Waals surface area contributed by atoms with Gasteiger partial charge in [-0.15, -0.1) is 0 Å². The summed E-state index contributed by atoms with van der Waals surface area (Å²) in [5.74, 6) is -2.36. The maximum Gasteiger partial charge on any atom is 0.229 e. The van der Waals surface area contributed by atoms with Crippen molar-refractivity contribution in [3.05, 3.63) is 0 Å². The normalized spacial score (nSPS) is 31.3. The zero-order chi connectivity index (χ0) is 37.4. The Morgan fingerprint density at radius 2 is 1.53 bits per heavy atom. The highest BCUT2D eigenvalue weighted by atomic mass is 32.2. The molecule has 288 valence electrons. The van der Waals surface area contributed by atoms with Crippen LogP contribution in [-0.2, 0) is 38.5 Å². The molecule has 5 fully saturated rings. The molecule has 5 aliphatic rings. The van der Waals surface area contributed by atoms with Gasteiger partial charge in [-0.05, 0) is 94.8 Å². The number of carbonyl (C=O) groups is 5. The molecule has 1 amide bonds. The average Bonchev–Trinajstić information content (AvgIpc) is 3.92. The van der Waals surface area contributed by atoms with Crippen molar-refractivity contribution in [3.63, 3.8) is 0 Å². The van der Waals surface area contributed by atoms with Crippen LogP contribution in [0.5, 0.6) is 0 Å². The van der Waals surface area contributed by atoms with Crippen molar-refractivity contribution >= 4 is 38.9 Å². The van der Waals surface area contributed by atoms with Crippen LogP contribution in [0.25, 0.3) is 0 Å². The molecule has 0 N–H and O–H groups in total. The van der Waals surface area contributed by atoms with Crippen LogP contribution in [-0.4, -0.2) is 78.2 Å². The van der Waals surface area contributed by atoms with Gasteiger partial charge in [0.1, 0.15) is 5.78 Å². The van der Waals surface area contributed by atoms with Crippen molar-refractivity contribution in [2.45, 2.75) is 167 Å². The number of sulfone groups is 1. The largest absolute Gasteiger partial charge is 0.381 e. The molecule has 0 bridgehead atoms. The number of fused-ring (bicyclic) bond motifs is 3. The molecule has 0 radical (unpaired) electrons. The fourth-order valence-electron chi connectivity index (χ4n) is 9.87. The fraction of sp³-hybridized carbons (Fsp3) is 0.878. The second kappa shape index (κ2) is 15.8. The van der Waals surface area contributed by atoms with Crippen molar-refractivity contribution < 1.29 is 37.1 Å². The molecule has 0 aromatic rings. The van der Waals surface area contributed by atoms with E-state index in [-0.39, 0.29) is 72.8 Å². The summed E-state index contributed by atoms with van der Waals surface area (Å²) in [4.78, 5) is 71.1. The number of ether oxygens (including phenoxy) is 1. The monoisotopic (exact) mass is 731 g/mol. The fourth-order valence-corrected chi connectivity index (χ4v) is 11.9. The molecule has 2 saturated heterocycles. The minimum Gasteiger partial charge on any atom is -0.381 e. The molecule has 3 aliphatic carbocycles. The SMILES string of the molecule is C[C@H](C1(CC(=O)C[C@H]2COCCCCCCC[C@@H](C(=O)C(=O)CC3CC3)CC(=O)[C@@H]3[C@@H]4[C@H](CN3C2=O)C4(C)C)CCCCC1)S(=O)(=O)C(C)(C)C. The highest BCUT2D eigenvalue weighted by Crippen LogP contribution is 2.65. The Balaban J connectivity index is 1.38. The van der Waals surface area contributed by atoms with Crippen LogP contribution in [0.2, 0.25) is 0 Å². The maximum absolute atomic E-state index is 14.6. The first-order valence-electron chi connectivity index (χ1n) is 20.1. The lowest BCUT2D eigenvalue weighted by atomic mass is 9.68. The Morgan fingerprint density at radius 1 is 0.902 bits per heavy atom. The highest BCUT2D eigenvalue weighted by molar-refractivity contribution is 7.93. The lowest BCUT2D eigenvalue weighted by molar-refractivity contribution is -0.147. The molecule has 9 nitrogen and oxygen atoms in total. The van der Waals surface area contributed by atoms with E-state index in [0.29, 0.717) is 38.3 Å². The van der Waals surface area contributed by atoms with Gasteiger partial charge in [-0.25, -0.2) is 8.42 Å². The maximum atomic E-state index is 14.6. The Labute approximate surface area is 307 Å². The minimum atomic E-state index is -3.55. The zero-order valence-electron chi connectivity index (χ0n) is 32.3. The Kier molecular flexibility index (Phi) is 12.5. The van der Waals surface area contributed by atoms with Gasteiger partial charge in [0.15, 0.2) is 21.4 Å². The summed E-state index contributed by atoms with van der Waals surface area (Å²) in [6, 6.07) is -0.696. The van der Waals surface area contributed by atoms with E-state index < -0.39 is 48.9 Å². The molecule has 2 aliphatic heterocycles. The van der Waals surface area contributed by atoms with E-state index in [1.54, 1.807) is 32.6 Å². The standard InChI is InChI=1S/C41H65NO8S/c1-27(51(48,49)39(2,3)4)41(18-12-10-13-19-41)24-31(43)22-30-26-50-20-14-9-7-8-11-15-29(37(46)34(45)21-28-16-17-28)23-33(44)36-35-32(40(35,5)6)25-42(36)38(30)47/h27-30,32,35-36H,7-26H2,1-6H3/t27-,29-,30+,32+,35+,36-/m1/s1. The molecule has 6 atom stereocenters. The van der Waals surface area contributed by atoms with Crippen LogP contribution in [0, 0.1) is 40.4 Å². The van der Waals surface area contributed by atoms with Crippen LogP contribution in [0.4, 0.5) is 0 Å². The van der Waals surface area contributed by atoms with Gasteiger partial charge < -0.3 is 9.64 Å². The van der Waals surface area contributed by atoms with E-state index in [1.807, 2.05) is 0 Å². The van der Waals surface area contributed by atoms with Gasteiger partial charge in [-0.1, -0.05) is 58.8 Å². The number of carbonyl (C=O) groups excluding carboxylic acids is 5. The summed E-state index contributed by atoms with van der Waals surface area (Å²) in [6.07, 6.45) is 11.2. The number of ketones is 4. The summed E-state index contributed by atoms with van der Waals surface area (Å²) < 4.78 is 32.6. The Morgan fingerprint density at radius 3 is 2.18 bits per heavy atom. The van der Waals surface area contributed by atoms with Crippen LogP contribution < -0.4 is 0 Å². The molecule has 0 spiro atoms. The molecule has 0 aromatic heterocycles. The van der Waals surface area contributed by atoms with Gasteiger partial charge in [0, 0.05) is 44.8 Å². The predicted molar refractivity (Wildman–Crippen MR) is 197 cm³/mol.